The van der Waals surface area contributed by atoms with Crippen LogP contribution in [0.3, 0.4) is 0 Å². The van der Waals surface area contributed by atoms with Gasteiger partial charge in [0.05, 0.1) is 0 Å². The predicted octanol–water partition coefficient (Wildman–Crippen LogP) is 4.45. The lowest BCUT2D eigenvalue weighted by molar-refractivity contribution is -0.302. The van der Waals surface area contributed by atoms with Crippen molar-refractivity contribution in [1.29, 1.82) is 0 Å². The molecule has 9 heteroatoms. The topological polar surface area (TPSA) is 62.1 Å². The fourth-order valence-electron chi connectivity index (χ4n) is 3.63. The molecule has 28 heavy (non-hydrogen) atoms. The summed E-state index contributed by atoms with van der Waals surface area (Å²) in [5, 5.41) is 14.9. The van der Waals surface area contributed by atoms with E-state index in [1.807, 2.05) is 0 Å². The van der Waals surface area contributed by atoms with Crippen molar-refractivity contribution < 1.29 is 27.8 Å². The van der Waals surface area contributed by atoms with Crippen molar-refractivity contribution in [2.75, 3.05) is 6.61 Å². The number of rotatable bonds is 4. The number of nitrogens with zero attached hydrogens (tertiary/aromatic N) is 2. The second kappa shape index (κ2) is 7.91. The Hall–Kier alpha value is -1.80. The molecule has 0 radical (unpaired) electrons. The lowest BCUT2D eigenvalue weighted by atomic mass is 9.83. The van der Waals surface area contributed by atoms with E-state index in [2.05, 4.69) is 5.10 Å². The molecule has 1 atom stereocenters. The Bertz CT molecular complexity index is 778. The molecule has 1 N–H and O–H groups in total. The van der Waals surface area contributed by atoms with Gasteiger partial charge in [-0.15, -0.1) is 0 Å². The number of hydrogen-bond donors (Lipinski definition) is 1. The Balaban J connectivity index is 1.77. The molecular formula is C19H22ClF3N2O3. The van der Waals surface area contributed by atoms with Gasteiger partial charge in [-0.3, -0.25) is 4.79 Å². The van der Waals surface area contributed by atoms with Gasteiger partial charge in [0.25, 0.3) is 11.6 Å². The van der Waals surface area contributed by atoms with Gasteiger partial charge in [-0.1, -0.05) is 30.9 Å². The summed E-state index contributed by atoms with van der Waals surface area (Å²) in [6.45, 7) is 1.06. The predicted molar refractivity (Wildman–Crippen MR) is 98.2 cm³/mol. The molecule has 1 aliphatic carbocycles. The van der Waals surface area contributed by atoms with Crippen molar-refractivity contribution in [3.63, 3.8) is 0 Å². The summed E-state index contributed by atoms with van der Waals surface area (Å²) in [5.41, 5.74) is -2.40. The number of amides is 1. The number of halogens is 4. The lowest BCUT2D eigenvalue weighted by Crippen LogP contribution is -2.57. The summed E-state index contributed by atoms with van der Waals surface area (Å²) < 4.78 is 46.1. The van der Waals surface area contributed by atoms with Crippen LogP contribution in [0.4, 0.5) is 13.2 Å². The largest absolute Gasteiger partial charge is 0.484 e. The minimum Gasteiger partial charge on any atom is -0.484 e. The van der Waals surface area contributed by atoms with Gasteiger partial charge < -0.3 is 9.84 Å². The summed E-state index contributed by atoms with van der Waals surface area (Å²) in [6.07, 6.45) is -1.47. The Morgan fingerprint density at radius 2 is 2.04 bits per heavy atom. The molecular weight excluding hydrogens is 397 g/mol. The first-order chi connectivity index (χ1) is 13.1. The highest BCUT2D eigenvalue weighted by Crippen LogP contribution is 2.43. The Morgan fingerprint density at radius 3 is 2.64 bits per heavy atom. The van der Waals surface area contributed by atoms with E-state index in [-0.39, 0.29) is 16.6 Å². The fraction of sp³-hybridized carbons (Fsp3) is 0.579. The average Bonchev–Trinajstić information content (AvgIpc) is 3.02. The molecule has 1 saturated carbocycles. The molecule has 3 rings (SSSR count). The van der Waals surface area contributed by atoms with Gasteiger partial charge in [0.1, 0.15) is 5.75 Å². The molecule has 0 spiro atoms. The van der Waals surface area contributed by atoms with Crippen molar-refractivity contribution in [1.82, 2.24) is 5.01 Å². The molecule has 5 nitrogen and oxygen atoms in total. The zero-order valence-corrected chi connectivity index (χ0v) is 16.2. The molecule has 0 saturated heterocycles. The van der Waals surface area contributed by atoms with Gasteiger partial charge in [0.2, 0.25) is 0 Å². The van der Waals surface area contributed by atoms with Crippen molar-refractivity contribution >= 4 is 23.2 Å². The van der Waals surface area contributed by atoms with Crippen LogP contribution in [-0.2, 0) is 4.79 Å². The van der Waals surface area contributed by atoms with Crippen molar-refractivity contribution in [2.45, 2.75) is 57.3 Å². The number of hydrogen-bond acceptors (Lipinski definition) is 4. The third kappa shape index (κ3) is 4.12. The Labute approximate surface area is 166 Å². The van der Waals surface area contributed by atoms with Gasteiger partial charge in [-0.25, -0.2) is 0 Å². The maximum absolute atomic E-state index is 13.6. The first kappa shape index (κ1) is 20.9. The van der Waals surface area contributed by atoms with E-state index in [1.165, 1.54) is 6.07 Å². The van der Waals surface area contributed by atoms with Crippen LogP contribution in [0.1, 0.15) is 44.1 Å². The number of aliphatic hydroxyl groups is 1. The average molecular weight is 419 g/mol. The van der Waals surface area contributed by atoms with Crippen LogP contribution in [0.2, 0.25) is 5.02 Å². The van der Waals surface area contributed by atoms with Gasteiger partial charge >= 0.3 is 6.18 Å². The van der Waals surface area contributed by atoms with Crippen LogP contribution < -0.4 is 4.74 Å². The molecule has 1 aromatic carbocycles. The molecule has 2 aliphatic rings. The summed E-state index contributed by atoms with van der Waals surface area (Å²) in [7, 11) is 0. The maximum Gasteiger partial charge on any atom is 0.438 e. The minimum absolute atomic E-state index is 0.139. The standard InChI is InChI=1S/C19H22ClF3N2O3/c1-12-9-14(7-8-15(12)20)28-11-17(26)25-18(27,19(21,22)23)10-16(24-25)13-5-3-2-4-6-13/h7-9,13,27H,2-6,10-11H2,1H3/t18-/m1/s1. The number of hydrazone groups is 1. The quantitative estimate of drug-likeness (QED) is 0.786. The van der Waals surface area contributed by atoms with Crippen LogP contribution >= 0.6 is 11.6 Å². The van der Waals surface area contributed by atoms with E-state index in [1.54, 1.807) is 19.1 Å². The summed E-state index contributed by atoms with van der Waals surface area (Å²) in [5.74, 6) is -0.903. The highest BCUT2D eigenvalue weighted by atomic mass is 35.5. The Kier molecular flexibility index (Phi) is 5.91. The maximum atomic E-state index is 13.6. The van der Waals surface area contributed by atoms with Crippen molar-refractivity contribution in [3.8, 4) is 5.75 Å². The molecule has 0 aromatic heterocycles. The smallest absolute Gasteiger partial charge is 0.438 e. The van der Waals surface area contributed by atoms with Crippen LogP contribution in [0.25, 0.3) is 0 Å². The minimum atomic E-state index is -5.03. The number of aryl methyl sites for hydroxylation is 1. The summed E-state index contributed by atoms with van der Waals surface area (Å²) >= 11 is 5.92. The Morgan fingerprint density at radius 1 is 1.36 bits per heavy atom. The molecule has 1 amide bonds. The molecule has 154 valence electrons. The van der Waals surface area contributed by atoms with Crippen LogP contribution in [0.5, 0.6) is 5.75 Å². The molecule has 1 aliphatic heterocycles. The molecule has 1 aromatic rings. The molecule has 1 fully saturated rings. The second-order valence-electron chi connectivity index (χ2n) is 7.32. The first-order valence-corrected chi connectivity index (χ1v) is 9.58. The number of alkyl halides is 3. The third-order valence-corrected chi connectivity index (χ3v) is 5.69. The van der Waals surface area contributed by atoms with E-state index in [9.17, 15) is 23.1 Å². The lowest BCUT2D eigenvalue weighted by Gasteiger charge is -2.32. The van der Waals surface area contributed by atoms with Gasteiger partial charge in [0.15, 0.2) is 6.61 Å². The zero-order chi connectivity index (χ0) is 20.5. The highest BCUT2D eigenvalue weighted by molar-refractivity contribution is 6.31. The fourth-order valence-corrected chi connectivity index (χ4v) is 3.75. The SMILES string of the molecule is Cc1cc(OCC(=O)N2N=C(C3CCCCC3)C[C@@]2(O)C(F)(F)F)ccc1Cl. The van der Waals surface area contributed by atoms with E-state index in [4.69, 9.17) is 16.3 Å². The van der Waals surface area contributed by atoms with Crippen LogP contribution in [-0.4, -0.2) is 40.2 Å². The molecule has 0 bridgehead atoms. The van der Waals surface area contributed by atoms with Crippen molar-refractivity contribution in [2.24, 2.45) is 11.0 Å². The summed E-state index contributed by atoms with van der Waals surface area (Å²) in [6, 6.07) is 4.66. The van der Waals surface area contributed by atoms with Gasteiger partial charge in [0, 0.05) is 17.2 Å². The first-order valence-electron chi connectivity index (χ1n) is 9.20. The second-order valence-corrected chi connectivity index (χ2v) is 7.73. The monoisotopic (exact) mass is 418 g/mol. The van der Waals surface area contributed by atoms with Gasteiger partial charge in [-0.2, -0.15) is 23.3 Å². The van der Waals surface area contributed by atoms with E-state index < -0.39 is 30.8 Å². The van der Waals surface area contributed by atoms with Crippen molar-refractivity contribution in [3.05, 3.63) is 28.8 Å². The van der Waals surface area contributed by atoms with E-state index in [0.29, 0.717) is 16.3 Å². The number of carbonyl (C=O) groups excluding carboxylic acids is 1. The number of benzene rings is 1. The van der Waals surface area contributed by atoms with E-state index >= 15 is 0 Å². The van der Waals surface area contributed by atoms with E-state index in [0.717, 1.165) is 32.1 Å². The molecule has 0 unspecified atom stereocenters. The van der Waals surface area contributed by atoms with Gasteiger partial charge in [-0.05, 0) is 49.4 Å². The number of carbonyl (C=O) groups is 1. The van der Waals surface area contributed by atoms with Crippen LogP contribution in [0, 0.1) is 12.8 Å². The highest BCUT2D eigenvalue weighted by Gasteiger charge is 2.63. The summed E-state index contributed by atoms with van der Waals surface area (Å²) in [4.78, 5) is 12.5. The van der Waals surface area contributed by atoms with Crippen LogP contribution in [0.15, 0.2) is 23.3 Å². The molecule has 1 heterocycles. The third-order valence-electron chi connectivity index (χ3n) is 5.26. The number of ether oxygens (including phenoxy) is 1. The zero-order valence-electron chi connectivity index (χ0n) is 15.4. The normalized spacial score (nSPS) is 23.6.